The predicted molar refractivity (Wildman–Crippen MR) is 70.1 cm³/mol. The van der Waals surface area contributed by atoms with Gasteiger partial charge in [0.2, 0.25) is 11.8 Å². The first-order valence-corrected chi connectivity index (χ1v) is 6.35. The number of likely N-dealkylation sites (tertiary alicyclic amines) is 1. The summed E-state index contributed by atoms with van der Waals surface area (Å²) in [6.07, 6.45) is 1.00. The minimum Gasteiger partial charge on any atom is -0.328 e. The van der Waals surface area contributed by atoms with Crippen molar-refractivity contribution in [3.05, 3.63) is 30.1 Å². The zero-order valence-corrected chi connectivity index (χ0v) is 11.1. The first-order valence-electron chi connectivity index (χ1n) is 6.35. The van der Waals surface area contributed by atoms with Crippen molar-refractivity contribution in [2.75, 3.05) is 11.9 Å². The Morgan fingerprint density at radius 3 is 2.74 bits per heavy atom. The molecule has 19 heavy (non-hydrogen) atoms. The number of anilines is 1. The highest BCUT2D eigenvalue weighted by molar-refractivity contribution is 6.01. The van der Waals surface area contributed by atoms with Crippen LogP contribution >= 0.6 is 0 Å². The van der Waals surface area contributed by atoms with E-state index in [4.69, 9.17) is 0 Å². The van der Waals surface area contributed by atoms with E-state index in [0.717, 1.165) is 0 Å². The van der Waals surface area contributed by atoms with Crippen LogP contribution < -0.4 is 5.32 Å². The molecule has 0 saturated carbocycles. The highest BCUT2D eigenvalue weighted by Gasteiger charge is 2.48. The number of halogens is 1. The molecule has 0 bridgehead atoms. The van der Waals surface area contributed by atoms with Gasteiger partial charge in [-0.05, 0) is 31.5 Å². The van der Waals surface area contributed by atoms with Crippen molar-refractivity contribution in [2.24, 2.45) is 0 Å². The summed E-state index contributed by atoms with van der Waals surface area (Å²) in [5.74, 6) is -0.715. The van der Waals surface area contributed by atoms with Crippen LogP contribution in [0.1, 0.15) is 26.7 Å². The third-order valence-corrected chi connectivity index (χ3v) is 3.59. The van der Waals surface area contributed by atoms with Gasteiger partial charge in [-0.25, -0.2) is 4.39 Å². The van der Waals surface area contributed by atoms with Crippen LogP contribution in [0.5, 0.6) is 0 Å². The number of carbonyl (C=O) groups excluding carboxylic acids is 2. The van der Waals surface area contributed by atoms with Crippen molar-refractivity contribution < 1.29 is 14.0 Å². The fraction of sp³-hybridized carbons (Fsp3) is 0.429. The van der Waals surface area contributed by atoms with Crippen LogP contribution in [0.4, 0.5) is 10.1 Å². The molecule has 0 spiro atoms. The molecule has 1 unspecified atom stereocenters. The molecule has 5 heteroatoms. The lowest BCUT2D eigenvalue weighted by atomic mass is 9.85. The normalized spacial score (nSPS) is 21.7. The summed E-state index contributed by atoms with van der Waals surface area (Å²) < 4.78 is 13.1. The first-order chi connectivity index (χ1) is 8.97. The van der Waals surface area contributed by atoms with Crippen molar-refractivity contribution in [1.29, 1.82) is 0 Å². The van der Waals surface area contributed by atoms with Crippen LogP contribution in [0.15, 0.2) is 24.3 Å². The number of carbonyl (C=O) groups is 2. The Morgan fingerprint density at radius 1 is 1.47 bits per heavy atom. The van der Waals surface area contributed by atoms with E-state index in [1.807, 2.05) is 0 Å². The molecule has 1 aromatic rings. The molecule has 1 N–H and O–H groups in total. The van der Waals surface area contributed by atoms with Gasteiger partial charge in [0, 0.05) is 18.7 Å². The topological polar surface area (TPSA) is 49.4 Å². The summed E-state index contributed by atoms with van der Waals surface area (Å²) in [6.45, 7) is 4.10. The largest absolute Gasteiger partial charge is 0.328 e. The Balaban J connectivity index is 2.10. The maximum absolute atomic E-state index is 13.1. The molecule has 1 aromatic carbocycles. The van der Waals surface area contributed by atoms with E-state index >= 15 is 0 Å². The third kappa shape index (κ3) is 2.45. The van der Waals surface area contributed by atoms with E-state index in [2.05, 4.69) is 5.32 Å². The quantitative estimate of drug-likeness (QED) is 0.909. The highest BCUT2D eigenvalue weighted by atomic mass is 19.1. The molecule has 4 nitrogen and oxygen atoms in total. The van der Waals surface area contributed by atoms with Gasteiger partial charge in [0.25, 0.3) is 0 Å². The lowest BCUT2D eigenvalue weighted by Gasteiger charge is -2.49. The minimum absolute atomic E-state index is 0.0388. The van der Waals surface area contributed by atoms with E-state index < -0.39 is 11.4 Å². The fourth-order valence-corrected chi connectivity index (χ4v) is 2.22. The smallest absolute Gasteiger partial charge is 0.250 e. The zero-order valence-electron chi connectivity index (χ0n) is 11.1. The summed E-state index contributed by atoms with van der Waals surface area (Å²) in [6, 6.07) is 5.72. The number of hydrogen-bond acceptors (Lipinski definition) is 2. The molecule has 2 rings (SSSR count). The minimum atomic E-state index is -0.820. The van der Waals surface area contributed by atoms with Gasteiger partial charge in [0.15, 0.2) is 0 Å². The van der Waals surface area contributed by atoms with Gasteiger partial charge >= 0.3 is 0 Å². The molecule has 2 amide bonds. The molecule has 1 fully saturated rings. The summed E-state index contributed by atoms with van der Waals surface area (Å²) in [5, 5.41) is 2.66. The van der Waals surface area contributed by atoms with Crippen molar-refractivity contribution >= 4 is 17.5 Å². The van der Waals surface area contributed by atoms with E-state index in [0.29, 0.717) is 25.1 Å². The summed E-state index contributed by atoms with van der Waals surface area (Å²) in [4.78, 5) is 25.5. The van der Waals surface area contributed by atoms with Crippen LogP contribution in [0, 0.1) is 5.82 Å². The number of benzene rings is 1. The SMILES string of the molecule is CCC(=O)N1CCC1(C)C(=O)Nc1cccc(F)c1. The first kappa shape index (κ1) is 13.5. The Hall–Kier alpha value is -1.91. The molecule has 0 radical (unpaired) electrons. The second-order valence-electron chi connectivity index (χ2n) is 4.89. The van der Waals surface area contributed by atoms with Crippen LogP contribution in [-0.4, -0.2) is 28.8 Å². The van der Waals surface area contributed by atoms with Crippen LogP contribution in [-0.2, 0) is 9.59 Å². The lowest BCUT2D eigenvalue weighted by Crippen LogP contribution is -2.66. The Bertz CT molecular complexity index is 518. The summed E-state index contributed by atoms with van der Waals surface area (Å²) >= 11 is 0. The number of amides is 2. The average molecular weight is 264 g/mol. The Morgan fingerprint density at radius 2 is 2.21 bits per heavy atom. The standard InChI is InChI=1S/C14H17FN2O2/c1-3-12(18)17-8-7-14(17,2)13(19)16-11-6-4-5-10(15)9-11/h4-6,9H,3,7-8H2,1-2H3,(H,16,19). The number of nitrogens with one attached hydrogen (secondary N) is 1. The molecule has 102 valence electrons. The van der Waals surface area contributed by atoms with E-state index in [-0.39, 0.29) is 11.8 Å². The van der Waals surface area contributed by atoms with Crippen LogP contribution in [0.2, 0.25) is 0 Å². The van der Waals surface area contributed by atoms with Gasteiger partial charge in [0.1, 0.15) is 11.4 Å². The van der Waals surface area contributed by atoms with Crippen LogP contribution in [0.25, 0.3) is 0 Å². The molecule has 0 aliphatic carbocycles. The third-order valence-electron chi connectivity index (χ3n) is 3.59. The second kappa shape index (κ2) is 4.99. The average Bonchev–Trinajstić information content (AvgIpc) is 2.36. The molecular formula is C14H17FN2O2. The van der Waals surface area contributed by atoms with Gasteiger partial charge < -0.3 is 10.2 Å². The monoisotopic (exact) mass is 264 g/mol. The van der Waals surface area contributed by atoms with Crippen molar-refractivity contribution in [3.8, 4) is 0 Å². The summed E-state index contributed by atoms with van der Waals surface area (Å²) in [7, 11) is 0. The van der Waals surface area contributed by atoms with Gasteiger partial charge in [0.05, 0.1) is 0 Å². The highest BCUT2D eigenvalue weighted by Crippen LogP contribution is 2.32. The maximum atomic E-state index is 13.1. The number of hydrogen-bond donors (Lipinski definition) is 1. The van der Waals surface area contributed by atoms with Gasteiger partial charge in [-0.3, -0.25) is 9.59 Å². The van der Waals surface area contributed by atoms with E-state index in [9.17, 15) is 14.0 Å². The number of nitrogens with zero attached hydrogens (tertiary/aromatic N) is 1. The number of rotatable bonds is 3. The maximum Gasteiger partial charge on any atom is 0.250 e. The Labute approximate surface area is 111 Å². The predicted octanol–water partition coefficient (Wildman–Crippen LogP) is 2.17. The fourth-order valence-electron chi connectivity index (χ4n) is 2.22. The molecule has 1 aliphatic rings. The molecular weight excluding hydrogens is 247 g/mol. The molecule has 1 saturated heterocycles. The van der Waals surface area contributed by atoms with Gasteiger partial charge in [-0.1, -0.05) is 13.0 Å². The van der Waals surface area contributed by atoms with E-state index in [1.54, 1.807) is 24.8 Å². The summed E-state index contributed by atoms with van der Waals surface area (Å²) in [5.41, 5.74) is -0.415. The second-order valence-corrected chi connectivity index (χ2v) is 4.89. The van der Waals surface area contributed by atoms with Crippen molar-refractivity contribution in [1.82, 2.24) is 4.90 Å². The Kier molecular flexibility index (Phi) is 3.55. The molecule has 1 heterocycles. The van der Waals surface area contributed by atoms with Crippen molar-refractivity contribution in [2.45, 2.75) is 32.2 Å². The van der Waals surface area contributed by atoms with Crippen molar-refractivity contribution in [3.63, 3.8) is 0 Å². The molecule has 0 aromatic heterocycles. The van der Waals surface area contributed by atoms with E-state index in [1.165, 1.54) is 18.2 Å². The van der Waals surface area contributed by atoms with Crippen LogP contribution in [0.3, 0.4) is 0 Å². The molecule has 1 atom stereocenters. The van der Waals surface area contributed by atoms with Gasteiger partial charge in [-0.2, -0.15) is 0 Å². The molecule has 1 aliphatic heterocycles. The zero-order chi connectivity index (χ0) is 14.0. The van der Waals surface area contributed by atoms with Gasteiger partial charge in [-0.15, -0.1) is 0 Å². The lowest BCUT2D eigenvalue weighted by molar-refractivity contribution is -0.154.